The van der Waals surface area contributed by atoms with Crippen molar-refractivity contribution in [2.45, 2.75) is 32.4 Å². The highest BCUT2D eigenvalue weighted by molar-refractivity contribution is 7.07. The van der Waals surface area contributed by atoms with Gasteiger partial charge in [-0.2, -0.15) is 0 Å². The number of esters is 1. The third-order valence-corrected chi connectivity index (χ3v) is 9.64. The van der Waals surface area contributed by atoms with Gasteiger partial charge in [0.2, 0.25) is 5.91 Å². The Morgan fingerprint density at radius 2 is 1.77 bits per heavy atom. The molecule has 0 bridgehead atoms. The molecule has 10 heteroatoms. The predicted molar refractivity (Wildman–Crippen MR) is 182 cm³/mol. The Bertz CT molecular complexity index is 2210. The van der Waals surface area contributed by atoms with Crippen LogP contribution in [-0.2, 0) is 20.9 Å². The van der Waals surface area contributed by atoms with Crippen LogP contribution in [0.4, 0.5) is 0 Å². The molecule has 2 aromatic heterocycles. The van der Waals surface area contributed by atoms with Gasteiger partial charge in [-0.1, -0.05) is 72.0 Å². The fourth-order valence-electron chi connectivity index (χ4n) is 6.44. The lowest BCUT2D eigenvalue weighted by Crippen LogP contribution is -2.40. The zero-order valence-electron chi connectivity index (χ0n) is 26.2. The minimum atomic E-state index is -0.808. The number of carbonyl (C=O) groups excluding carboxylic acids is 2. The lowest BCUT2D eigenvalue weighted by molar-refractivity contribution is -0.139. The van der Waals surface area contributed by atoms with Crippen LogP contribution >= 0.6 is 11.3 Å². The Balaban J connectivity index is 1.43. The van der Waals surface area contributed by atoms with Crippen LogP contribution in [0.25, 0.3) is 22.7 Å². The Hall–Kier alpha value is -5.22. The highest BCUT2D eigenvalue weighted by Crippen LogP contribution is 2.36. The molecule has 0 spiro atoms. The van der Waals surface area contributed by atoms with E-state index in [1.54, 1.807) is 18.6 Å². The van der Waals surface area contributed by atoms with Gasteiger partial charge in [0.15, 0.2) is 4.80 Å². The fraction of sp³-hybridized carbons (Fsp3) is 0.243. The number of fused-ring (bicyclic) bond motifs is 2. The fourth-order valence-corrected chi connectivity index (χ4v) is 7.43. The Labute approximate surface area is 275 Å². The molecule has 7 rings (SSSR count). The second kappa shape index (κ2) is 12.9. The van der Waals surface area contributed by atoms with Crippen molar-refractivity contribution in [3.05, 3.63) is 127 Å². The highest BCUT2D eigenvalue weighted by atomic mass is 32.1. The van der Waals surface area contributed by atoms with Crippen molar-refractivity contribution in [2.24, 2.45) is 4.99 Å². The van der Waals surface area contributed by atoms with E-state index in [9.17, 15) is 14.4 Å². The molecule has 238 valence electrons. The molecule has 1 saturated heterocycles. The van der Waals surface area contributed by atoms with Gasteiger partial charge in [0, 0.05) is 41.3 Å². The van der Waals surface area contributed by atoms with E-state index < -0.39 is 12.0 Å². The summed E-state index contributed by atoms with van der Waals surface area (Å²) in [6.45, 7) is 3.74. The first-order valence-electron chi connectivity index (χ1n) is 15.7. The van der Waals surface area contributed by atoms with Crippen molar-refractivity contribution in [1.82, 2.24) is 14.0 Å². The number of rotatable bonds is 8. The largest absolute Gasteiger partial charge is 0.497 e. The summed E-state index contributed by atoms with van der Waals surface area (Å²) < 4.78 is 15.1. The number of nitrogens with zero attached hydrogens (tertiary/aromatic N) is 4. The van der Waals surface area contributed by atoms with Crippen LogP contribution in [-0.4, -0.2) is 52.7 Å². The Morgan fingerprint density at radius 3 is 2.53 bits per heavy atom. The molecule has 9 nitrogen and oxygen atoms in total. The van der Waals surface area contributed by atoms with Crippen molar-refractivity contribution in [3.63, 3.8) is 0 Å². The molecule has 4 heterocycles. The first-order valence-corrected chi connectivity index (χ1v) is 16.6. The lowest BCUT2D eigenvalue weighted by atomic mass is 9.93. The first-order chi connectivity index (χ1) is 23.0. The number of hydrogen-bond acceptors (Lipinski definition) is 7. The van der Waals surface area contributed by atoms with Crippen molar-refractivity contribution in [2.75, 3.05) is 26.8 Å². The van der Waals surface area contributed by atoms with Gasteiger partial charge in [0.1, 0.15) is 12.3 Å². The van der Waals surface area contributed by atoms with E-state index in [2.05, 4.69) is 0 Å². The van der Waals surface area contributed by atoms with Crippen molar-refractivity contribution in [1.29, 1.82) is 0 Å². The third kappa shape index (κ3) is 5.69. The summed E-state index contributed by atoms with van der Waals surface area (Å²) in [6, 6.07) is 23.9. The summed E-state index contributed by atoms with van der Waals surface area (Å²) in [6.07, 6.45) is 5.87. The summed E-state index contributed by atoms with van der Waals surface area (Å²) in [5.74, 6) is 0.151. The topological polar surface area (TPSA) is 95.1 Å². The van der Waals surface area contributed by atoms with Crippen LogP contribution in [0.5, 0.6) is 5.75 Å². The molecule has 1 atom stereocenters. The summed E-state index contributed by atoms with van der Waals surface area (Å²) in [5.41, 5.74) is 3.65. The van der Waals surface area contributed by atoms with Crippen LogP contribution in [0.2, 0.25) is 0 Å². The van der Waals surface area contributed by atoms with Crippen molar-refractivity contribution in [3.8, 4) is 5.75 Å². The molecule has 0 aliphatic carbocycles. The van der Waals surface area contributed by atoms with E-state index >= 15 is 0 Å². The second-order valence-electron chi connectivity index (χ2n) is 11.5. The maximum Gasteiger partial charge on any atom is 0.338 e. The van der Waals surface area contributed by atoms with Crippen molar-refractivity contribution >= 4 is 45.9 Å². The molecule has 0 N–H and O–H groups in total. The van der Waals surface area contributed by atoms with Gasteiger partial charge in [-0.15, -0.1) is 0 Å². The summed E-state index contributed by atoms with van der Waals surface area (Å²) in [5, 5.41) is 0.939. The van der Waals surface area contributed by atoms with Gasteiger partial charge in [-0.05, 0) is 49.6 Å². The zero-order chi connectivity index (χ0) is 32.5. The minimum Gasteiger partial charge on any atom is -0.497 e. The highest BCUT2D eigenvalue weighted by Gasteiger charge is 2.35. The Morgan fingerprint density at radius 1 is 1.00 bits per heavy atom. The Kier molecular flexibility index (Phi) is 8.34. The first kappa shape index (κ1) is 30.4. The number of thiazole rings is 1. The molecule has 47 heavy (non-hydrogen) atoms. The average molecular weight is 647 g/mol. The predicted octanol–water partition coefficient (Wildman–Crippen LogP) is 4.52. The van der Waals surface area contributed by atoms with E-state index in [1.807, 2.05) is 101 Å². The molecule has 1 fully saturated rings. The maximum atomic E-state index is 14.4. The van der Waals surface area contributed by atoms with Gasteiger partial charge in [0.05, 0.1) is 35.6 Å². The summed E-state index contributed by atoms with van der Waals surface area (Å²) in [7, 11) is 1.58. The van der Waals surface area contributed by atoms with Gasteiger partial charge < -0.3 is 18.9 Å². The number of aromatic nitrogens is 2. The van der Waals surface area contributed by atoms with E-state index in [-0.39, 0.29) is 30.2 Å². The molecule has 0 radical (unpaired) electrons. The molecular formula is C37H34N4O5S. The molecule has 0 unspecified atom stereocenters. The quantitative estimate of drug-likeness (QED) is 0.231. The standard InChI is InChI=1S/C37H34N4O5S/c1-3-46-36(44)32-33(24-12-5-4-6-13-24)38-37-41(34(32)25-14-11-15-27(20-25)45-2)35(43)30(47-37)21-26-22-40(29-17-8-7-16-28(26)29)23-31(42)39-18-9-10-19-39/h4-8,11-17,20-22,34H,3,9-10,18-19,23H2,1-2H3/b30-21+/t34-/m0/s1. The zero-order valence-corrected chi connectivity index (χ0v) is 27.0. The number of amides is 1. The number of para-hydroxylation sites is 1. The van der Waals surface area contributed by atoms with Gasteiger partial charge in [0.25, 0.3) is 5.56 Å². The molecule has 1 amide bonds. The molecule has 3 aromatic carbocycles. The van der Waals surface area contributed by atoms with Crippen LogP contribution < -0.4 is 19.6 Å². The normalized spacial score (nSPS) is 16.3. The van der Waals surface area contributed by atoms with Crippen LogP contribution in [0.3, 0.4) is 0 Å². The number of benzene rings is 3. The van der Waals surface area contributed by atoms with Gasteiger partial charge >= 0.3 is 5.97 Å². The lowest BCUT2D eigenvalue weighted by Gasteiger charge is -2.26. The molecule has 5 aromatic rings. The van der Waals surface area contributed by atoms with E-state index in [0.29, 0.717) is 26.3 Å². The minimum absolute atomic E-state index is 0.0902. The number of likely N-dealkylation sites (tertiary alicyclic amines) is 1. The number of methoxy groups -OCH3 is 1. The molecule has 0 saturated carbocycles. The van der Waals surface area contributed by atoms with Gasteiger partial charge in [-0.3, -0.25) is 14.2 Å². The molecule has 2 aliphatic heterocycles. The van der Waals surface area contributed by atoms with Crippen LogP contribution in [0.15, 0.2) is 100 Å². The van der Waals surface area contributed by atoms with E-state index in [4.69, 9.17) is 14.5 Å². The SMILES string of the molecule is CCOC(=O)C1=C(c2ccccc2)N=c2s/c(=C/c3cn(CC(=O)N4CCCC4)c4ccccc34)c(=O)n2[C@H]1c1cccc(OC)c1. The third-order valence-electron chi connectivity index (χ3n) is 8.65. The van der Waals surface area contributed by atoms with E-state index in [0.717, 1.165) is 48.0 Å². The second-order valence-corrected chi connectivity index (χ2v) is 12.5. The average Bonchev–Trinajstić information content (AvgIpc) is 3.84. The van der Waals surface area contributed by atoms with Crippen LogP contribution in [0, 0.1) is 0 Å². The molecular weight excluding hydrogens is 612 g/mol. The maximum absolute atomic E-state index is 14.4. The number of carbonyl (C=O) groups is 2. The van der Waals surface area contributed by atoms with Crippen LogP contribution in [0.1, 0.15) is 42.5 Å². The van der Waals surface area contributed by atoms with E-state index in [1.165, 1.54) is 11.3 Å². The monoisotopic (exact) mass is 646 g/mol. The number of ether oxygens (including phenoxy) is 2. The summed E-state index contributed by atoms with van der Waals surface area (Å²) in [4.78, 5) is 48.6. The number of hydrogen-bond donors (Lipinski definition) is 0. The van der Waals surface area contributed by atoms with Gasteiger partial charge in [-0.25, -0.2) is 9.79 Å². The smallest absolute Gasteiger partial charge is 0.338 e. The molecule has 2 aliphatic rings. The summed E-state index contributed by atoms with van der Waals surface area (Å²) >= 11 is 1.27. The van der Waals surface area contributed by atoms with Crippen molar-refractivity contribution < 1.29 is 19.1 Å².